The molecule has 0 rings (SSSR count). The van der Waals surface area contributed by atoms with Crippen LogP contribution in [0.2, 0.25) is 0 Å². The predicted octanol–water partition coefficient (Wildman–Crippen LogP) is 4.55. The van der Waals surface area contributed by atoms with Gasteiger partial charge < -0.3 is 10.2 Å². The maximum absolute atomic E-state index is 3.66. The molecule has 0 bridgehead atoms. The minimum Gasteiger partial charge on any atom is -0.316 e. The van der Waals surface area contributed by atoms with Crippen LogP contribution < -0.4 is 5.32 Å². The zero-order valence-electron chi connectivity index (χ0n) is 15.1. The van der Waals surface area contributed by atoms with Crippen molar-refractivity contribution < 1.29 is 0 Å². The fourth-order valence-electron chi connectivity index (χ4n) is 3.00. The second-order valence-electron chi connectivity index (χ2n) is 6.39. The first-order valence-electron chi connectivity index (χ1n) is 9.04. The van der Waals surface area contributed by atoms with Crippen molar-refractivity contribution in [1.82, 2.24) is 10.2 Å². The third kappa shape index (κ3) is 7.08. The average molecular weight is 285 g/mol. The molecule has 0 aromatic heterocycles. The van der Waals surface area contributed by atoms with Crippen molar-refractivity contribution in [3.8, 4) is 0 Å². The normalized spacial score (nSPS) is 12.6. The van der Waals surface area contributed by atoms with Crippen LogP contribution >= 0.6 is 0 Å². The van der Waals surface area contributed by atoms with Crippen LogP contribution in [0.4, 0.5) is 0 Å². The highest BCUT2D eigenvalue weighted by atomic mass is 15.1. The predicted molar refractivity (Wildman–Crippen MR) is 92.4 cm³/mol. The monoisotopic (exact) mass is 284 g/mol. The van der Waals surface area contributed by atoms with Crippen LogP contribution in [0.5, 0.6) is 0 Å². The van der Waals surface area contributed by atoms with E-state index < -0.39 is 0 Å². The lowest BCUT2D eigenvalue weighted by atomic mass is 9.81. The molecule has 122 valence electrons. The van der Waals surface area contributed by atoms with Gasteiger partial charge in [0.05, 0.1) is 0 Å². The van der Waals surface area contributed by atoms with Gasteiger partial charge in [0, 0.05) is 19.6 Å². The first-order chi connectivity index (χ1) is 9.61. The molecule has 0 amide bonds. The molecule has 20 heavy (non-hydrogen) atoms. The lowest BCUT2D eigenvalue weighted by molar-refractivity contribution is 0.122. The zero-order valence-corrected chi connectivity index (χ0v) is 15.1. The van der Waals surface area contributed by atoms with Crippen LogP contribution in [0.3, 0.4) is 0 Å². The fourth-order valence-corrected chi connectivity index (χ4v) is 3.00. The molecule has 0 aliphatic heterocycles. The van der Waals surface area contributed by atoms with Gasteiger partial charge in [-0.25, -0.2) is 0 Å². The van der Waals surface area contributed by atoms with Gasteiger partial charge in [-0.2, -0.15) is 0 Å². The number of hydrogen-bond acceptors (Lipinski definition) is 2. The first kappa shape index (κ1) is 19.9. The summed E-state index contributed by atoms with van der Waals surface area (Å²) < 4.78 is 0. The molecule has 0 saturated heterocycles. The van der Waals surface area contributed by atoms with Gasteiger partial charge in [0.25, 0.3) is 0 Å². The minimum absolute atomic E-state index is 0.456. The lowest BCUT2D eigenvalue weighted by Gasteiger charge is -2.38. The third-order valence-electron chi connectivity index (χ3n) is 5.10. The van der Waals surface area contributed by atoms with Crippen LogP contribution in [-0.2, 0) is 0 Å². The van der Waals surface area contributed by atoms with E-state index in [4.69, 9.17) is 0 Å². The van der Waals surface area contributed by atoms with Crippen molar-refractivity contribution in [1.29, 1.82) is 0 Å². The molecule has 2 heteroatoms. The highest BCUT2D eigenvalue weighted by Gasteiger charge is 2.28. The summed E-state index contributed by atoms with van der Waals surface area (Å²) in [5, 5.41) is 3.66. The number of rotatable bonds is 13. The molecule has 0 atom stereocenters. The summed E-state index contributed by atoms with van der Waals surface area (Å²) in [5.74, 6) is 0.866. The minimum atomic E-state index is 0.456. The average Bonchev–Trinajstić information content (AvgIpc) is 2.50. The van der Waals surface area contributed by atoms with E-state index >= 15 is 0 Å². The van der Waals surface area contributed by atoms with Crippen molar-refractivity contribution in [2.45, 2.75) is 73.6 Å². The molecule has 0 fully saturated rings. The molecule has 0 heterocycles. The Hall–Kier alpha value is -0.0800. The maximum Gasteiger partial charge on any atom is 0.00499 e. The van der Waals surface area contributed by atoms with Gasteiger partial charge >= 0.3 is 0 Å². The number of nitrogens with one attached hydrogen (secondary N) is 1. The first-order valence-corrected chi connectivity index (χ1v) is 9.04. The van der Waals surface area contributed by atoms with Gasteiger partial charge in [-0.3, -0.25) is 0 Å². The van der Waals surface area contributed by atoms with E-state index in [2.05, 4.69) is 51.8 Å². The molecule has 0 aliphatic rings. The molecule has 0 radical (unpaired) electrons. The fraction of sp³-hybridized carbons (Fsp3) is 1.00. The molecule has 1 N–H and O–H groups in total. The van der Waals surface area contributed by atoms with E-state index in [9.17, 15) is 0 Å². The SMILES string of the molecule is CCCNCC(CC)(CC)CN(CC)CC(CC)CC. The Morgan fingerprint density at radius 2 is 1.55 bits per heavy atom. The summed E-state index contributed by atoms with van der Waals surface area (Å²) >= 11 is 0. The highest BCUT2D eigenvalue weighted by molar-refractivity contribution is 4.83. The Bertz CT molecular complexity index is 207. The van der Waals surface area contributed by atoms with Crippen LogP contribution in [0.1, 0.15) is 73.6 Å². The van der Waals surface area contributed by atoms with E-state index in [0.29, 0.717) is 5.41 Å². The van der Waals surface area contributed by atoms with Gasteiger partial charge in [-0.15, -0.1) is 0 Å². The molecule has 0 aliphatic carbocycles. The van der Waals surface area contributed by atoms with Gasteiger partial charge in [-0.05, 0) is 43.7 Å². The summed E-state index contributed by atoms with van der Waals surface area (Å²) in [7, 11) is 0. The second-order valence-corrected chi connectivity index (χ2v) is 6.39. The zero-order chi connectivity index (χ0) is 15.4. The summed E-state index contributed by atoms with van der Waals surface area (Å²) in [6.07, 6.45) is 6.41. The van der Waals surface area contributed by atoms with Crippen molar-refractivity contribution in [3.05, 3.63) is 0 Å². The van der Waals surface area contributed by atoms with E-state index in [1.807, 2.05) is 0 Å². The van der Waals surface area contributed by atoms with Crippen LogP contribution in [0.25, 0.3) is 0 Å². The van der Waals surface area contributed by atoms with E-state index in [1.165, 1.54) is 58.3 Å². The van der Waals surface area contributed by atoms with Gasteiger partial charge in [-0.1, -0.05) is 54.4 Å². The molecular formula is C18H40N2. The molecule has 0 aromatic carbocycles. The summed E-state index contributed by atoms with van der Waals surface area (Å²) in [5.41, 5.74) is 0.456. The molecule has 0 aromatic rings. The van der Waals surface area contributed by atoms with Gasteiger partial charge in [0.15, 0.2) is 0 Å². The molecule has 2 nitrogen and oxygen atoms in total. The third-order valence-corrected chi connectivity index (χ3v) is 5.10. The largest absolute Gasteiger partial charge is 0.316 e. The summed E-state index contributed by atoms with van der Waals surface area (Å²) in [6.45, 7) is 20.0. The standard InChI is InChI=1S/C18H40N2/c1-7-13-19-15-18(10-4,11-5)16-20(12-6)14-17(8-2)9-3/h17,19H,7-16H2,1-6H3. The molecule has 0 unspecified atom stereocenters. The Kier molecular flexibility index (Phi) is 11.5. The quantitative estimate of drug-likeness (QED) is 0.499. The number of hydrogen-bond donors (Lipinski definition) is 1. The maximum atomic E-state index is 3.66. The van der Waals surface area contributed by atoms with E-state index in [-0.39, 0.29) is 0 Å². The van der Waals surface area contributed by atoms with Crippen molar-refractivity contribution >= 4 is 0 Å². The van der Waals surface area contributed by atoms with Crippen LogP contribution in [-0.4, -0.2) is 37.6 Å². The Balaban J connectivity index is 4.57. The molecule has 0 spiro atoms. The topological polar surface area (TPSA) is 15.3 Å². The van der Waals surface area contributed by atoms with Crippen LogP contribution in [0, 0.1) is 11.3 Å². The Morgan fingerprint density at radius 1 is 0.950 bits per heavy atom. The smallest absolute Gasteiger partial charge is 0.00499 e. The second kappa shape index (κ2) is 11.6. The molecule has 0 saturated carbocycles. The molecular weight excluding hydrogens is 244 g/mol. The van der Waals surface area contributed by atoms with E-state index in [0.717, 1.165) is 12.5 Å². The van der Waals surface area contributed by atoms with Gasteiger partial charge in [0.2, 0.25) is 0 Å². The Morgan fingerprint density at radius 3 is 1.95 bits per heavy atom. The Labute approximate surface area is 128 Å². The van der Waals surface area contributed by atoms with Crippen molar-refractivity contribution in [3.63, 3.8) is 0 Å². The highest BCUT2D eigenvalue weighted by Crippen LogP contribution is 2.27. The summed E-state index contributed by atoms with van der Waals surface area (Å²) in [4.78, 5) is 2.69. The summed E-state index contributed by atoms with van der Waals surface area (Å²) in [6, 6.07) is 0. The van der Waals surface area contributed by atoms with Gasteiger partial charge in [0.1, 0.15) is 0 Å². The van der Waals surface area contributed by atoms with Crippen LogP contribution in [0.15, 0.2) is 0 Å². The van der Waals surface area contributed by atoms with Crippen molar-refractivity contribution in [2.24, 2.45) is 11.3 Å². The lowest BCUT2D eigenvalue weighted by Crippen LogP contribution is -2.45. The van der Waals surface area contributed by atoms with Crippen molar-refractivity contribution in [2.75, 3.05) is 32.7 Å². The number of nitrogens with zero attached hydrogens (tertiary/aromatic N) is 1. The van der Waals surface area contributed by atoms with E-state index in [1.54, 1.807) is 0 Å².